The molecule has 0 spiro atoms. The first-order valence-electron chi connectivity index (χ1n) is 5.51. The highest BCUT2D eigenvalue weighted by Gasteiger charge is 2.38. The number of aliphatic hydroxyl groups excluding tert-OH is 2. The highest BCUT2D eigenvalue weighted by atomic mass is 16.3. The molecule has 1 rings (SSSR count). The maximum atomic E-state index is 9.38. The van der Waals surface area contributed by atoms with Crippen molar-refractivity contribution in [3.63, 3.8) is 0 Å². The highest BCUT2D eigenvalue weighted by molar-refractivity contribution is 4.88. The van der Waals surface area contributed by atoms with Crippen LogP contribution in [0.2, 0.25) is 0 Å². The standard InChI is InChI=1S/C11H22O2/c1-2-5-10-6-3-4-7-11(10,8-12)9-13/h10,12-13H,2-9H2,1H3. The van der Waals surface area contributed by atoms with Crippen molar-refractivity contribution in [3.05, 3.63) is 0 Å². The lowest BCUT2D eigenvalue weighted by Crippen LogP contribution is -2.40. The Hall–Kier alpha value is -0.0800. The SMILES string of the molecule is CCCC1CCCCC1(CO)CO. The second kappa shape index (κ2) is 4.97. The summed E-state index contributed by atoms with van der Waals surface area (Å²) in [7, 11) is 0. The molecule has 0 aromatic carbocycles. The quantitative estimate of drug-likeness (QED) is 0.704. The zero-order valence-electron chi connectivity index (χ0n) is 8.63. The molecule has 1 unspecified atom stereocenters. The summed E-state index contributed by atoms with van der Waals surface area (Å²) in [5.41, 5.74) is -0.158. The lowest BCUT2D eigenvalue weighted by Gasteiger charge is -2.41. The molecule has 1 aliphatic rings. The Balaban J connectivity index is 2.63. The lowest BCUT2D eigenvalue weighted by molar-refractivity contribution is -0.0279. The topological polar surface area (TPSA) is 40.5 Å². The Kier molecular flexibility index (Phi) is 4.20. The Labute approximate surface area is 81.0 Å². The van der Waals surface area contributed by atoms with Crippen molar-refractivity contribution in [2.24, 2.45) is 11.3 Å². The van der Waals surface area contributed by atoms with Crippen molar-refractivity contribution in [3.8, 4) is 0 Å². The zero-order valence-corrected chi connectivity index (χ0v) is 8.63. The van der Waals surface area contributed by atoms with Crippen LogP contribution in [0, 0.1) is 11.3 Å². The normalized spacial score (nSPS) is 27.5. The highest BCUT2D eigenvalue weighted by Crippen LogP contribution is 2.42. The molecule has 2 heteroatoms. The maximum Gasteiger partial charge on any atom is 0.0512 e. The Morgan fingerprint density at radius 1 is 1.23 bits per heavy atom. The molecular weight excluding hydrogens is 164 g/mol. The fourth-order valence-corrected chi connectivity index (χ4v) is 2.64. The fourth-order valence-electron chi connectivity index (χ4n) is 2.64. The van der Waals surface area contributed by atoms with E-state index < -0.39 is 0 Å². The smallest absolute Gasteiger partial charge is 0.0512 e. The summed E-state index contributed by atoms with van der Waals surface area (Å²) in [4.78, 5) is 0. The predicted molar refractivity (Wildman–Crippen MR) is 53.5 cm³/mol. The summed E-state index contributed by atoms with van der Waals surface area (Å²) >= 11 is 0. The Morgan fingerprint density at radius 2 is 1.92 bits per heavy atom. The molecule has 0 saturated heterocycles. The third-order valence-electron chi connectivity index (χ3n) is 3.61. The summed E-state index contributed by atoms with van der Waals surface area (Å²) in [6.45, 7) is 2.50. The van der Waals surface area contributed by atoms with E-state index in [2.05, 4.69) is 6.92 Å². The van der Waals surface area contributed by atoms with Crippen molar-refractivity contribution < 1.29 is 10.2 Å². The van der Waals surface area contributed by atoms with Crippen LogP contribution in [0.15, 0.2) is 0 Å². The molecule has 1 aliphatic carbocycles. The van der Waals surface area contributed by atoms with Crippen LogP contribution in [0.4, 0.5) is 0 Å². The Bertz CT molecular complexity index is 139. The van der Waals surface area contributed by atoms with Crippen LogP contribution >= 0.6 is 0 Å². The summed E-state index contributed by atoms with van der Waals surface area (Å²) < 4.78 is 0. The Morgan fingerprint density at radius 3 is 2.46 bits per heavy atom. The second-order valence-corrected chi connectivity index (χ2v) is 4.41. The van der Waals surface area contributed by atoms with E-state index in [0.717, 1.165) is 19.3 Å². The molecule has 0 radical (unpaired) electrons. The minimum absolute atomic E-state index is 0.158. The van der Waals surface area contributed by atoms with Gasteiger partial charge in [-0.05, 0) is 18.8 Å². The van der Waals surface area contributed by atoms with E-state index in [1.807, 2.05) is 0 Å². The van der Waals surface area contributed by atoms with E-state index in [4.69, 9.17) is 0 Å². The number of aliphatic hydroxyl groups is 2. The zero-order chi connectivity index (χ0) is 9.73. The summed E-state index contributed by atoms with van der Waals surface area (Å²) in [6.07, 6.45) is 6.95. The van der Waals surface area contributed by atoms with Gasteiger partial charge >= 0.3 is 0 Å². The summed E-state index contributed by atoms with van der Waals surface area (Å²) in [5.74, 6) is 0.543. The fraction of sp³-hybridized carbons (Fsp3) is 1.00. The minimum Gasteiger partial charge on any atom is -0.396 e. The predicted octanol–water partition coefficient (Wildman–Crippen LogP) is 1.95. The van der Waals surface area contributed by atoms with Gasteiger partial charge in [-0.3, -0.25) is 0 Å². The number of hydrogen-bond acceptors (Lipinski definition) is 2. The van der Waals surface area contributed by atoms with Crippen LogP contribution in [0.1, 0.15) is 45.4 Å². The third kappa shape index (κ3) is 2.23. The number of rotatable bonds is 4. The summed E-state index contributed by atoms with van der Waals surface area (Å²) in [5, 5.41) is 18.8. The molecule has 0 aromatic rings. The van der Waals surface area contributed by atoms with E-state index >= 15 is 0 Å². The molecule has 2 nitrogen and oxygen atoms in total. The van der Waals surface area contributed by atoms with Crippen molar-refractivity contribution in [2.45, 2.75) is 45.4 Å². The van der Waals surface area contributed by atoms with Crippen LogP contribution < -0.4 is 0 Å². The molecular formula is C11H22O2. The van der Waals surface area contributed by atoms with Crippen LogP contribution in [0.3, 0.4) is 0 Å². The van der Waals surface area contributed by atoms with Gasteiger partial charge in [0.25, 0.3) is 0 Å². The molecule has 0 amide bonds. The van der Waals surface area contributed by atoms with Gasteiger partial charge in [0.1, 0.15) is 0 Å². The molecule has 1 atom stereocenters. The monoisotopic (exact) mass is 186 g/mol. The van der Waals surface area contributed by atoms with Gasteiger partial charge in [-0.2, -0.15) is 0 Å². The van der Waals surface area contributed by atoms with Gasteiger partial charge in [0.05, 0.1) is 13.2 Å². The van der Waals surface area contributed by atoms with Gasteiger partial charge in [-0.25, -0.2) is 0 Å². The average Bonchev–Trinajstić information content (AvgIpc) is 2.20. The molecule has 0 aromatic heterocycles. The first-order chi connectivity index (χ1) is 6.29. The van der Waals surface area contributed by atoms with E-state index in [1.54, 1.807) is 0 Å². The molecule has 1 saturated carbocycles. The van der Waals surface area contributed by atoms with Crippen molar-refractivity contribution >= 4 is 0 Å². The average molecular weight is 186 g/mol. The van der Waals surface area contributed by atoms with Crippen LogP contribution in [0.5, 0.6) is 0 Å². The van der Waals surface area contributed by atoms with Crippen molar-refractivity contribution in [1.82, 2.24) is 0 Å². The molecule has 78 valence electrons. The second-order valence-electron chi connectivity index (χ2n) is 4.41. The van der Waals surface area contributed by atoms with E-state index in [1.165, 1.54) is 19.3 Å². The van der Waals surface area contributed by atoms with Gasteiger partial charge in [0.2, 0.25) is 0 Å². The molecule has 0 aliphatic heterocycles. The first-order valence-corrected chi connectivity index (χ1v) is 5.51. The van der Waals surface area contributed by atoms with Crippen molar-refractivity contribution in [1.29, 1.82) is 0 Å². The molecule has 0 bridgehead atoms. The van der Waals surface area contributed by atoms with Gasteiger partial charge in [-0.1, -0.05) is 32.6 Å². The summed E-state index contributed by atoms with van der Waals surface area (Å²) in [6, 6.07) is 0. The number of hydrogen-bond donors (Lipinski definition) is 2. The van der Waals surface area contributed by atoms with E-state index in [0.29, 0.717) is 5.92 Å². The van der Waals surface area contributed by atoms with Gasteiger partial charge < -0.3 is 10.2 Å². The molecule has 13 heavy (non-hydrogen) atoms. The molecule has 1 fully saturated rings. The van der Waals surface area contributed by atoms with Gasteiger partial charge in [-0.15, -0.1) is 0 Å². The molecule has 0 heterocycles. The van der Waals surface area contributed by atoms with Gasteiger partial charge in [0, 0.05) is 5.41 Å². The van der Waals surface area contributed by atoms with E-state index in [-0.39, 0.29) is 18.6 Å². The van der Waals surface area contributed by atoms with Gasteiger partial charge in [0.15, 0.2) is 0 Å². The largest absolute Gasteiger partial charge is 0.396 e. The molecule has 2 N–H and O–H groups in total. The van der Waals surface area contributed by atoms with E-state index in [9.17, 15) is 10.2 Å². The van der Waals surface area contributed by atoms with Crippen LogP contribution in [-0.2, 0) is 0 Å². The lowest BCUT2D eigenvalue weighted by atomic mass is 9.65. The van der Waals surface area contributed by atoms with Crippen molar-refractivity contribution in [2.75, 3.05) is 13.2 Å². The van der Waals surface area contributed by atoms with Crippen LogP contribution in [0.25, 0.3) is 0 Å². The minimum atomic E-state index is -0.158. The third-order valence-corrected chi connectivity index (χ3v) is 3.61. The van der Waals surface area contributed by atoms with Crippen LogP contribution in [-0.4, -0.2) is 23.4 Å². The first kappa shape index (κ1) is 11.0. The maximum absolute atomic E-state index is 9.38.